The second-order valence-electron chi connectivity index (χ2n) is 4.19. The molecule has 1 aromatic rings. The van der Waals surface area contributed by atoms with E-state index < -0.39 is 5.97 Å². The molecule has 2 heterocycles. The van der Waals surface area contributed by atoms with Gasteiger partial charge < -0.3 is 14.4 Å². The fourth-order valence-corrected chi connectivity index (χ4v) is 2.85. The van der Waals surface area contributed by atoms with Crippen LogP contribution in [0.5, 0.6) is 0 Å². The average molecular weight is 256 g/mol. The molecule has 1 aliphatic rings. The second-order valence-corrected chi connectivity index (χ2v) is 5.13. The van der Waals surface area contributed by atoms with Gasteiger partial charge in [-0.05, 0) is 20.3 Å². The summed E-state index contributed by atoms with van der Waals surface area (Å²) in [4.78, 5) is 15.0. The number of rotatable bonds is 4. The molecule has 0 aromatic carbocycles. The third kappa shape index (κ3) is 2.81. The largest absolute Gasteiger partial charge is 0.481 e. The minimum absolute atomic E-state index is 0.0401. The van der Waals surface area contributed by atoms with Crippen LogP contribution in [0.4, 0.5) is 0 Å². The van der Waals surface area contributed by atoms with E-state index in [0.29, 0.717) is 0 Å². The van der Waals surface area contributed by atoms with Gasteiger partial charge in [0, 0.05) is 12.8 Å². The van der Waals surface area contributed by atoms with Gasteiger partial charge in [0.2, 0.25) is 0 Å². The number of ether oxygens (including phenoxy) is 1. The minimum Gasteiger partial charge on any atom is -0.481 e. The van der Waals surface area contributed by atoms with Crippen LogP contribution in [-0.4, -0.2) is 39.1 Å². The molecular weight excluding hydrogens is 240 g/mol. The highest BCUT2D eigenvalue weighted by Crippen LogP contribution is 2.30. The second kappa shape index (κ2) is 5.10. The Morgan fingerprint density at radius 2 is 2.53 bits per heavy atom. The van der Waals surface area contributed by atoms with Gasteiger partial charge in [-0.15, -0.1) is 0 Å². The normalized spacial score (nSPS) is 24.1. The highest BCUT2D eigenvalue weighted by molar-refractivity contribution is 7.99. The molecule has 1 aromatic heterocycles. The van der Waals surface area contributed by atoms with Crippen LogP contribution in [0.2, 0.25) is 0 Å². The summed E-state index contributed by atoms with van der Waals surface area (Å²) >= 11 is 1.26. The summed E-state index contributed by atoms with van der Waals surface area (Å²) in [7, 11) is 0. The summed E-state index contributed by atoms with van der Waals surface area (Å²) in [5.41, 5.74) is 0.914. The number of hydrogen-bond acceptors (Lipinski definition) is 4. The number of aromatic nitrogens is 2. The van der Waals surface area contributed by atoms with Crippen molar-refractivity contribution in [2.24, 2.45) is 0 Å². The van der Waals surface area contributed by atoms with Gasteiger partial charge in [0.05, 0.1) is 23.6 Å². The van der Waals surface area contributed by atoms with E-state index in [9.17, 15) is 4.79 Å². The maximum absolute atomic E-state index is 10.6. The summed E-state index contributed by atoms with van der Waals surface area (Å²) in [5.74, 6) is -0.781. The van der Waals surface area contributed by atoms with Crippen molar-refractivity contribution in [1.29, 1.82) is 0 Å². The van der Waals surface area contributed by atoms with Crippen LogP contribution in [0.3, 0.4) is 0 Å². The van der Waals surface area contributed by atoms with E-state index in [1.807, 2.05) is 20.0 Å². The maximum atomic E-state index is 10.6. The fraction of sp³-hybridized carbons (Fsp3) is 0.636. The number of carboxylic acids is 1. The topological polar surface area (TPSA) is 64.3 Å². The molecule has 2 atom stereocenters. The zero-order chi connectivity index (χ0) is 12.4. The Bertz CT molecular complexity index is 419. The molecule has 1 saturated heterocycles. The Morgan fingerprint density at radius 3 is 3.12 bits per heavy atom. The van der Waals surface area contributed by atoms with Crippen LogP contribution < -0.4 is 0 Å². The van der Waals surface area contributed by atoms with Crippen molar-refractivity contribution >= 4 is 17.7 Å². The van der Waals surface area contributed by atoms with Gasteiger partial charge in [-0.1, -0.05) is 11.8 Å². The van der Waals surface area contributed by atoms with Gasteiger partial charge in [-0.3, -0.25) is 4.79 Å². The third-order valence-corrected chi connectivity index (χ3v) is 3.79. The lowest BCUT2D eigenvalue weighted by Gasteiger charge is -2.17. The minimum atomic E-state index is -0.821. The SMILES string of the molecule is Cc1cn(C2CCOC2C)c(SCC(=O)O)n1. The first-order valence-corrected chi connectivity index (χ1v) is 6.58. The summed E-state index contributed by atoms with van der Waals surface area (Å²) in [6.45, 7) is 4.71. The first kappa shape index (κ1) is 12.4. The molecule has 0 amide bonds. The molecule has 1 N–H and O–H groups in total. The van der Waals surface area contributed by atoms with E-state index in [2.05, 4.69) is 9.55 Å². The lowest BCUT2D eigenvalue weighted by Crippen LogP contribution is -2.17. The van der Waals surface area contributed by atoms with Gasteiger partial charge in [0.25, 0.3) is 0 Å². The molecule has 0 radical (unpaired) electrons. The van der Waals surface area contributed by atoms with Crippen LogP contribution >= 0.6 is 11.8 Å². The lowest BCUT2D eigenvalue weighted by molar-refractivity contribution is -0.133. The summed E-state index contributed by atoms with van der Waals surface area (Å²) in [6.07, 6.45) is 3.09. The standard InChI is InChI=1S/C11H16N2O3S/c1-7-5-13(9-3-4-16-8(9)2)11(12-7)17-6-10(14)15/h5,8-9H,3-4,6H2,1-2H3,(H,14,15). The van der Waals surface area contributed by atoms with Crippen molar-refractivity contribution in [3.05, 3.63) is 11.9 Å². The number of aryl methyl sites for hydroxylation is 1. The van der Waals surface area contributed by atoms with E-state index in [0.717, 1.165) is 23.9 Å². The van der Waals surface area contributed by atoms with Crippen molar-refractivity contribution in [3.8, 4) is 0 Å². The molecular formula is C11H16N2O3S. The molecule has 0 spiro atoms. The maximum Gasteiger partial charge on any atom is 0.313 e. The highest BCUT2D eigenvalue weighted by Gasteiger charge is 2.28. The fourth-order valence-electron chi connectivity index (χ4n) is 2.05. The zero-order valence-electron chi connectivity index (χ0n) is 9.92. The number of carboxylic acid groups (broad SMARTS) is 1. The van der Waals surface area contributed by atoms with Crippen LogP contribution in [0.15, 0.2) is 11.4 Å². The summed E-state index contributed by atoms with van der Waals surface area (Å²) < 4.78 is 7.59. The van der Waals surface area contributed by atoms with Crippen molar-refractivity contribution in [1.82, 2.24) is 9.55 Å². The predicted molar refractivity (Wildman–Crippen MR) is 64.4 cm³/mol. The van der Waals surface area contributed by atoms with Gasteiger partial charge in [0.1, 0.15) is 0 Å². The Morgan fingerprint density at radius 1 is 1.76 bits per heavy atom. The monoisotopic (exact) mass is 256 g/mol. The highest BCUT2D eigenvalue weighted by atomic mass is 32.2. The van der Waals surface area contributed by atoms with Crippen LogP contribution in [0.25, 0.3) is 0 Å². The van der Waals surface area contributed by atoms with E-state index in [4.69, 9.17) is 9.84 Å². The van der Waals surface area contributed by atoms with Crippen molar-refractivity contribution < 1.29 is 14.6 Å². The van der Waals surface area contributed by atoms with Crippen LogP contribution in [0.1, 0.15) is 25.1 Å². The molecule has 0 aliphatic carbocycles. The van der Waals surface area contributed by atoms with Crippen molar-refractivity contribution in [3.63, 3.8) is 0 Å². The predicted octanol–water partition coefficient (Wildman–Crippen LogP) is 1.72. The molecule has 94 valence electrons. The molecule has 2 rings (SSSR count). The smallest absolute Gasteiger partial charge is 0.313 e. The van der Waals surface area contributed by atoms with Crippen molar-refractivity contribution in [2.45, 2.75) is 37.6 Å². The average Bonchev–Trinajstić information content (AvgIpc) is 2.81. The number of aliphatic carboxylic acids is 1. The van der Waals surface area contributed by atoms with Crippen LogP contribution in [0, 0.1) is 6.92 Å². The van der Waals surface area contributed by atoms with E-state index in [1.165, 1.54) is 11.8 Å². The number of imidazole rings is 1. The van der Waals surface area contributed by atoms with Gasteiger partial charge >= 0.3 is 5.97 Å². The quantitative estimate of drug-likeness (QED) is 0.831. The first-order valence-electron chi connectivity index (χ1n) is 5.59. The zero-order valence-corrected chi connectivity index (χ0v) is 10.7. The molecule has 1 fully saturated rings. The molecule has 6 heteroatoms. The van der Waals surface area contributed by atoms with E-state index >= 15 is 0 Å². The molecule has 5 nitrogen and oxygen atoms in total. The number of nitrogens with zero attached hydrogens (tertiary/aromatic N) is 2. The molecule has 0 saturated carbocycles. The first-order chi connectivity index (χ1) is 8.08. The van der Waals surface area contributed by atoms with E-state index in [1.54, 1.807) is 0 Å². The Balaban J connectivity index is 2.17. The number of carbonyl (C=O) groups is 1. The molecule has 17 heavy (non-hydrogen) atoms. The molecule has 0 bridgehead atoms. The molecule has 2 unspecified atom stereocenters. The number of thioether (sulfide) groups is 1. The molecule has 1 aliphatic heterocycles. The Hall–Kier alpha value is -1.01. The van der Waals surface area contributed by atoms with Gasteiger partial charge in [0.15, 0.2) is 5.16 Å². The van der Waals surface area contributed by atoms with E-state index in [-0.39, 0.29) is 17.9 Å². The Labute approximate surface area is 104 Å². The third-order valence-electron chi connectivity index (χ3n) is 2.84. The summed E-state index contributed by atoms with van der Waals surface area (Å²) in [5, 5.41) is 9.48. The van der Waals surface area contributed by atoms with Crippen molar-refractivity contribution in [2.75, 3.05) is 12.4 Å². The van der Waals surface area contributed by atoms with Crippen LogP contribution in [-0.2, 0) is 9.53 Å². The van der Waals surface area contributed by atoms with Gasteiger partial charge in [-0.25, -0.2) is 4.98 Å². The van der Waals surface area contributed by atoms with Gasteiger partial charge in [-0.2, -0.15) is 0 Å². The lowest BCUT2D eigenvalue weighted by atomic mass is 10.1. The summed E-state index contributed by atoms with van der Waals surface area (Å²) in [6, 6.07) is 0.271. The Kier molecular flexibility index (Phi) is 3.73. The number of hydrogen-bond donors (Lipinski definition) is 1.